The van der Waals surface area contributed by atoms with Crippen LogP contribution in [0.25, 0.3) is 0 Å². The van der Waals surface area contributed by atoms with Gasteiger partial charge in [0.05, 0.1) is 6.54 Å². The van der Waals surface area contributed by atoms with Crippen LogP contribution in [-0.2, 0) is 6.54 Å². The lowest BCUT2D eigenvalue weighted by Crippen LogP contribution is -2.11. The summed E-state index contributed by atoms with van der Waals surface area (Å²) in [7, 11) is 0. The predicted molar refractivity (Wildman–Crippen MR) is 54.7 cm³/mol. The lowest BCUT2D eigenvalue weighted by Gasteiger charge is -2.11. The summed E-state index contributed by atoms with van der Waals surface area (Å²) in [5.74, 6) is 1.88. The Labute approximate surface area is 82.9 Å². The third-order valence-corrected chi connectivity index (χ3v) is 2.53. The molecule has 0 aliphatic carbocycles. The molecule has 0 saturated carbocycles. The molecule has 0 spiro atoms. The van der Waals surface area contributed by atoms with E-state index < -0.39 is 0 Å². The molecular formula is C8H16N4S. The number of aromatic nitrogens is 3. The zero-order valence-corrected chi connectivity index (χ0v) is 9.14. The maximum atomic E-state index is 5.57. The fourth-order valence-corrected chi connectivity index (χ4v) is 2.00. The average molecular weight is 200 g/mol. The molecule has 2 N–H and O–H groups in total. The highest BCUT2D eigenvalue weighted by atomic mass is 32.2. The number of hydrogen-bond donors (Lipinski definition) is 1. The third kappa shape index (κ3) is 2.22. The standard InChI is InChI=1S/C8H16N4S/c1-4-13-8-11-10-7(5-9)12(8)6(2)3/h6H,4-5,9H2,1-3H3. The third-order valence-electron chi connectivity index (χ3n) is 1.71. The Kier molecular flexibility index (Phi) is 3.74. The molecular weight excluding hydrogens is 184 g/mol. The monoisotopic (exact) mass is 200 g/mol. The molecule has 1 aromatic rings. The first-order valence-electron chi connectivity index (χ1n) is 4.47. The van der Waals surface area contributed by atoms with Gasteiger partial charge in [0.1, 0.15) is 5.82 Å². The van der Waals surface area contributed by atoms with E-state index in [-0.39, 0.29) is 0 Å². The summed E-state index contributed by atoms with van der Waals surface area (Å²) in [5.41, 5.74) is 5.57. The summed E-state index contributed by atoms with van der Waals surface area (Å²) in [6.45, 7) is 6.78. The van der Waals surface area contributed by atoms with Crippen molar-refractivity contribution in [3.8, 4) is 0 Å². The molecule has 0 atom stereocenters. The zero-order valence-electron chi connectivity index (χ0n) is 8.32. The second-order valence-electron chi connectivity index (χ2n) is 3.00. The Morgan fingerprint density at radius 1 is 1.46 bits per heavy atom. The maximum absolute atomic E-state index is 5.57. The number of rotatable bonds is 4. The van der Waals surface area contributed by atoms with E-state index in [1.165, 1.54) is 0 Å². The molecule has 0 saturated heterocycles. The molecule has 0 aromatic carbocycles. The number of hydrogen-bond acceptors (Lipinski definition) is 4. The van der Waals surface area contributed by atoms with Crippen LogP contribution in [0.3, 0.4) is 0 Å². The van der Waals surface area contributed by atoms with Gasteiger partial charge in [-0.15, -0.1) is 10.2 Å². The summed E-state index contributed by atoms with van der Waals surface area (Å²) >= 11 is 1.70. The summed E-state index contributed by atoms with van der Waals surface area (Å²) < 4.78 is 2.09. The average Bonchev–Trinajstić information content (AvgIpc) is 2.48. The summed E-state index contributed by atoms with van der Waals surface area (Å²) in [6, 6.07) is 0.377. The molecule has 13 heavy (non-hydrogen) atoms. The van der Waals surface area contributed by atoms with Gasteiger partial charge in [0, 0.05) is 6.04 Å². The molecule has 1 rings (SSSR count). The van der Waals surface area contributed by atoms with Crippen molar-refractivity contribution >= 4 is 11.8 Å². The van der Waals surface area contributed by atoms with E-state index >= 15 is 0 Å². The molecule has 0 aliphatic rings. The van der Waals surface area contributed by atoms with Crippen LogP contribution in [0.5, 0.6) is 0 Å². The van der Waals surface area contributed by atoms with E-state index in [9.17, 15) is 0 Å². The molecule has 4 nitrogen and oxygen atoms in total. The minimum Gasteiger partial charge on any atom is -0.324 e. The fourth-order valence-electron chi connectivity index (χ4n) is 1.19. The molecule has 0 aliphatic heterocycles. The van der Waals surface area contributed by atoms with Crippen LogP contribution in [0, 0.1) is 0 Å². The van der Waals surface area contributed by atoms with Gasteiger partial charge in [-0.25, -0.2) is 0 Å². The van der Waals surface area contributed by atoms with Gasteiger partial charge < -0.3 is 10.3 Å². The van der Waals surface area contributed by atoms with Crippen LogP contribution in [0.2, 0.25) is 0 Å². The van der Waals surface area contributed by atoms with Crippen molar-refractivity contribution < 1.29 is 0 Å². The van der Waals surface area contributed by atoms with Gasteiger partial charge in [-0.3, -0.25) is 0 Å². The van der Waals surface area contributed by atoms with Crippen LogP contribution >= 0.6 is 11.8 Å². The number of thioether (sulfide) groups is 1. The van der Waals surface area contributed by atoms with Gasteiger partial charge in [0.25, 0.3) is 0 Å². The lowest BCUT2D eigenvalue weighted by molar-refractivity contribution is 0.526. The normalized spacial score (nSPS) is 11.2. The van der Waals surface area contributed by atoms with E-state index in [1.54, 1.807) is 11.8 Å². The van der Waals surface area contributed by atoms with Crippen molar-refractivity contribution in [3.63, 3.8) is 0 Å². The van der Waals surface area contributed by atoms with Gasteiger partial charge in [-0.05, 0) is 19.6 Å². The van der Waals surface area contributed by atoms with Crippen molar-refractivity contribution in [2.45, 2.75) is 38.5 Å². The summed E-state index contributed by atoms with van der Waals surface area (Å²) in [4.78, 5) is 0. The molecule has 74 valence electrons. The predicted octanol–water partition coefficient (Wildman–Crippen LogP) is 1.43. The van der Waals surface area contributed by atoms with Gasteiger partial charge in [0.2, 0.25) is 0 Å². The first kappa shape index (κ1) is 10.5. The Bertz CT molecular complexity index is 269. The Morgan fingerprint density at radius 3 is 2.62 bits per heavy atom. The van der Waals surface area contributed by atoms with Crippen molar-refractivity contribution in [3.05, 3.63) is 5.82 Å². The van der Waals surface area contributed by atoms with Crippen LogP contribution in [0.1, 0.15) is 32.6 Å². The fraction of sp³-hybridized carbons (Fsp3) is 0.750. The largest absolute Gasteiger partial charge is 0.324 e. The van der Waals surface area contributed by atoms with Gasteiger partial charge in [-0.2, -0.15) is 0 Å². The van der Waals surface area contributed by atoms with E-state index in [2.05, 4.69) is 35.5 Å². The number of nitrogens with two attached hydrogens (primary N) is 1. The van der Waals surface area contributed by atoms with E-state index in [0.717, 1.165) is 16.7 Å². The van der Waals surface area contributed by atoms with Crippen molar-refractivity contribution in [2.75, 3.05) is 5.75 Å². The summed E-state index contributed by atoms with van der Waals surface area (Å²) in [6.07, 6.45) is 0. The van der Waals surface area contributed by atoms with Crippen LogP contribution in [0.4, 0.5) is 0 Å². The van der Waals surface area contributed by atoms with Gasteiger partial charge >= 0.3 is 0 Å². The van der Waals surface area contributed by atoms with E-state index in [0.29, 0.717) is 12.6 Å². The maximum Gasteiger partial charge on any atom is 0.191 e. The first-order valence-corrected chi connectivity index (χ1v) is 5.45. The van der Waals surface area contributed by atoms with E-state index in [4.69, 9.17) is 5.73 Å². The highest BCUT2D eigenvalue weighted by molar-refractivity contribution is 7.99. The Hall–Kier alpha value is -0.550. The van der Waals surface area contributed by atoms with Crippen LogP contribution in [0.15, 0.2) is 5.16 Å². The Morgan fingerprint density at radius 2 is 2.15 bits per heavy atom. The SMILES string of the molecule is CCSc1nnc(CN)n1C(C)C. The lowest BCUT2D eigenvalue weighted by atomic mass is 10.4. The highest BCUT2D eigenvalue weighted by Crippen LogP contribution is 2.20. The minimum atomic E-state index is 0.377. The molecule has 0 fully saturated rings. The smallest absolute Gasteiger partial charge is 0.191 e. The van der Waals surface area contributed by atoms with Gasteiger partial charge in [-0.1, -0.05) is 18.7 Å². The molecule has 0 amide bonds. The van der Waals surface area contributed by atoms with Crippen molar-refractivity contribution in [1.82, 2.24) is 14.8 Å². The highest BCUT2D eigenvalue weighted by Gasteiger charge is 2.12. The first-order chi connectivity index (χ1) is 6.20. The second kappa shape index (κ2) is 4.62. The molecule has 0 radical (unpaired) electrons. The zero-order chi connectivity index (χ0) is 9.84. The van der Waals surface area contributed by atoms with Crippen molar-refractivity contribution in [1.29, 1.82) is 0 Å². The van der Waals surface area contributed by atoms with E-state index in [1.807, 2.05) is 0 Å². The van der Waals surface area contributed by atoms with Crippen molar-refractivity contribution in [2.24, 2.45) is 5.73 Å². The molecule has 1 heterocycles. The topological polar surface area (TPSA) is 56.7 Å². The van der Waals surface area contributed by atoms with Crippen LogP contribution < -0.4 is 5.73 Å². The van der Waals surface area contributed by atoms with Gasteiger partial charge in [0.15, 0.2) is 5.16 Å². The molecule has 0 bridgehead atoms. The minimum absolute atomic E-state index is 0.377. The molecule has 5 heteroatoms. The molecule has 1 aromatic heterocycles. The Balaban J connectivity index is 2.99. The van der Waals surface area contributed by atoms with Crippen LogP contribution in [-0.4, -0.2) is 20.5 Å². The molecule has 0 unspecified atom stereocenters. The number of nitrogens with zero attached hydrogens (tertiary/aromatic N) is 3. The quantitative estimate of drug-likeness (QED) is 0.747. The summed E-state index contributed by atoms with van der Waals surface area (Å²) in [5, 5.41) is 9.11. The second-order valence-corrected chi connectivity index (χ2v) is 4.23.